The number of ether oxygens (including phenoxy) is 2. The molecule has 2 aromatic carbocycles. The first kappa shape index (κ1) is 40.5. The highest BCUT2D eigenvalue weighted by Gasteiger charge is 2.57. The topological polar surface area (TPSA) is 103 Å². The molecule has 55 heavy (non-hydrogen) atoms. The van der Waals surface area contributed by atoms with Crippen LogP contribution in [0.5, 0.6) is 5.75 Å². The number of benzene rings is 2. The van der Waals surface area contributed by atoms with Crippen LogP contribution in [0.15, 0.2) is 42.5 Å². The Morgan fingerprint density at radius 3 is 2.20 bits per heavy atom. The molecule has 0 aromatic heterocycles. The number of carbonyl (C=O) groups excluding carboxylic acids is 2. The van der Waals surface area contributed by atoms with E-state index in [1.807, 2.05) is 0 Å². The van der Waals surface area contributed by atoms with Crippen molar-refractivity contribution >= 4 is 23.5 Å². The van der Waals surface area contributed by atoms with Crippen molar-refractivity contribution in [2.45, 2.75) is 61.6 Å². The number of piperidine rings is 1. The minimum absolute atomic E-state index is 0.000135. The summed E-state index contributed by atoms with van der Waals surface area (Å²) in [5, 5.41) is 9.50. The van der Waals surface area contributed by atoms with Crippen LogP contribution in [0.25, 0.3) is 0 Å². The third kappa shape index (κ3) is 8.37. The maximum absolute atomic E-state index is 17.8. The van der Waals surface area contributed by atoms with Crippen molar-refractivity contribution in [1.82, 2.24) is 14.7 Å². The zero-order chi connectivity index (χ0) is 39.9. The van der Waals surface area contributed by atoms with Gasteiger partial charge in [-0.05, 0) is 61.1 Å². The number of alkyl halides is 7. The van der Waals surface area contributed by atoms with Crippen LogP contribution in [0, 0.1) is 11.8 Å². The zero-order valence-electron chi connectivity index (χ0n) is 30.5. The summed E-state index contributed by atoms with van der Waals surface area (Å²) in [5.41, 5.74) is -2.35. The van der Waals surface area contributed by atoms with E-state index in [2.05, 4.69) is 0 Å². The lowest BCUT2D eigenvalue weighted by Crippen LogP contribution is -2.51. The Balaban J connectivity index is 1.29. The molecule has 302 valence electrons. The summed E-state index contributed by atoms with van der Waals surface area (Å²) in [6.07, 6.45) is -8.87. The average molecular weight is 787 g/mol. The maximum atomic E-state index is 17.8. The fourth-order valence-electron chi connectivity index (χ4n) is 8.84. The average Bonchev–Trinajstić information content (AvgIpc) is 3.89. The molecule has 0 bridgehead atoms. The monoisotopic (exact) mass is 786 g/mol. The molecule has 4 aliphatic rings. The molecule has 2 amide bonds. The molecule has 4 aliphatic heterocycles. The number of hydrogen-bond donors (Lipinski definition) is 1. The van der Waals surface area contributed by atoms with Gasteiger partial charge < -0.3 is 29.3 Å². The van der Waals surface area contributed by atoms with Crippen LogP contribution in [0.2, 0.25) is 0 Å². The van der Waals surface area contributed by atoms with Crippen LogP contribution in [-0.4, -0.2) is 129 Å². The fraction of sp³-hybridized carbons (Fsp3) is 0.605. The molecule has 0 radical (unpaired) electrons. The normalized spacial score (nSPS) is 26.9. The quantitative estimate of drug-likeness (QED) is 0.313. The van der Waals surface area contributed by atoms with Gasteiger partial charge in [0.15, 0.2) is 0 Å². The van der Waals surface area contributed by atoms with Crippen LogP contribution in [0.4, 0.5) is 36.4 Å². The molecule has 4 saturated heterocycles. The van der Waals surface area contributed by atoms with Crippen molar-refractivity contribution in [2.24, 2.45) is 11.8 Å². The number of aliphatic carboxylic acids is 1. The number of halogens is 7. The molecule has 6 rings (SSSR count). The van der Waals surface area contributed by atoms with Crippen molar-refractivity contribution in [3.63, 3.8) is 0 Å². The summed E-state index contributed by atoms with van der Waals surface area (Å²) in [6, 6.07) is 7.81. The highest BCUT2D eigenvalue weighted by atomic mass is 19.4. The van der Waals surface area contributed by atoms with Gasteiger partial charge in [-0.2, -0.15) is 26.3 Å². The van der Waals surface area contributed by atoms with Crippen LogP contribution in [-0.2, 0) is 25.3 Å². The third-order valence-electron chi connectivity index (χ3n) is 11.7. The molecular formula is C38H45F7N4O6. The number of methoxy groups -OCH3 is 2. The molecule has 5 atom stereocenters. The van der Waals surface area contributed by atoms with E-state index in [9.17, 15) is 45.8 Å². The van der Waals surface area contributed by atoms with Gasteiger partial charge in [0.05, 0.1) is 31.7 Å². The van der Waals surface area contributed by atoms with Gasteiger partial charge in [0, 0.05) is 76.4 Å². The highest BCUT2D eigenvalue weighted by molar-refractivity contribution is 5.88. The van der Waals surface area contributed by atoms with E-state index in [-0.39, 0.29) is 77.2 Å². The molecule has 10 nitrogen and oxygen atoms in total. The molecular weight excluding hydrogens is 741 g/mol. The standard InChI is InChI=1S/C38H45F7N4O6/c1-54-21-25-17-48(18-29(25)28-10-7-26(37(40,41)42)16-31(28)47-14-11-24(12-15-47)34(51)52)35(53)36(39)22-46(19-30(36)23-5-8-27(55-2)9-6-23)20-33(50)49-13-3-4-32(49)38(43,44)45/h5-10,16,24-25,29-30,32H,3-4,11-15,17-22H2,1-2H3,(H,51,52)/t25-,29+,30+,32-,36+/m1/s1. The maximum Gasteiger partial charge on any atom is 0.416 e. The number of carbonyl (C=O) groups is 3. The Hall–Kier alpha value is -4.12. The van der Waals surface area contributed by atoms with Crippen molar-refractivity contribution in [3.05, 3.63) is 59.2 Å². The highest BCUT2D eigenvalue weighted by Crippen LogP contribution is 2.46. The lowest BCUT2D eigenvalue weighted by Gasteiger charge is -2.35. The summed E-state index contributed by atoms with van der Waals surface area (Å²) < 4.78 is 112. The molecule has 0 aliphatic carbocycles. The van der Waals surface area contributed by atoms with Crippen LogP contribution < -0.4 is 9.64 Å². The Morgan fingerprint density at radius 2 is 1.60 bits per heavy atom. The summed E-state index contributed by atoms with van der Waals surface area (Å²) >= 11 is 0. The van der Waals surface area contributed by atoms with Crippen LogP contribution >= 0.6 is 0 Å². The van der Waals surface area contributed by atoms with Crippen molar-refractivity contribution in [3.8, 4) is 5.75 Å². The summed E-state index contributed by atoms with van der Waals surface area (Å²) in [6.45, 7) is -0.910. The Bertz CT molecular complexity index is 1720. The minimum atomic E-state index is -4.66. The van der Waals surface area contributed by atoms with E-state index < -0.39 is 84.2 Å². The lowest BCUT2D eigenvalue weighted by atomic mass is 9.85. The number of hydrogen-bond acceptors (Lipinski definition) is 7. The van der Waals surface area contributed by atoms with Crippen LogP contribution in [0.3, 0.4) is 0 Å². The van der Waals surface area contributed by atoms with E-state index in [0.717, 1.165) is 17.0 Å². The smallest absolute Gasteiger partial charge is 0.416 e. The first-order valence-electron chi connectivity index (χ1n) is 18.3. The SMILES string of the molecule is COC[C@H]1CN(C(=O)[C@]2(F)CN(CC(=O)N3CCC[C@@H]3C(F)(F)F)C[C@H]2c2ccc(OC)cc2)C[C@@H]1c1ccc(C(F)(F)F)cc1N1CCC(C(=O)O)CC1. The largest absolute Gasteiger partial charge is 0.497 e. The van der Waals surface area contributed by atoms with E-state index in [0.29, 0.717) is 16.9 Å². The second-order valence-corrected chi connectivity index (χ2v) is 15.0. The Labute approximate surface area is 314 Å². The lowest BCUT2D eigenvalue weighted by molar-refractivity contribution is -0.183. The first-order valence-corrected chi connectivity index (χ1v) is 18.3. The van der Waals surface area contributed by atoms with Crippen molar-refractivity contribution < 1.29 is 59.7 Å². The van der Waals surface area contributed by atoms with Gasteiger partial charge in [0.2, 0.25) is 11.6 Å². The van der Waals surface area contributed by atoms with Crippen molar-refractivity contribution in [1.29, 1.82) is 0 Å². The molecule has 4 heterocycles. The van der Waals surface area contributed by atoms with Gasteiger partial charge in [-0.1, -0.05) is 18.2 Å². The number of nitrogens with zero attached hydrogens (tertiary/aromatic N) is 4. The van der Waals surface area contributed by atoms with Gasteiger partial charge in [-0.3, -0.25) is 19.3 Å². The summed E-state index contributed by atoms with van der Waals surface area (Å²) in [4.78, 5) is 44.6. The van der Waals surface area contributed by atoms with Gasteiger partial charge in [0.1, 0.15) is 11.8 Å². The molecule has 2 aromatic rings. The van der Waals surface area contributed by atoms with Gasteiger partial charge in [0.25, 0.3) is 5.91 Å². The summed E-state index contributed by atoms with van der Waals surface area (Å²) in [5.74, 6) is -5.01. The van der Waals surface area contributed by atoms with E-state index in [1.54, 1.807) is 29.2 Å². The number of anilines is 1. The Kier molecular flexibility index (Phi) is 11.6. The predicted octanol–water partition coefficient (Wildman–Crippen LogP) is 5.56. The first-order chi connectivity index (χ1) is 25.9. The number of rotatable bonds is 10. The molecule has 4 fully saturated rings. The number of likely N-dealkylation sites (tertiary alicyclic amines) is 3. The minimum Gasteiger partial charge on any atom is -0.497 e. The Morgan fingerprint density at radius 1 is 0.909 bits per heavy atom. The van der Waals surface area contributed by atoms with E-state index >= 15 is 4.39 Å². The zero-order valence-corrected chi connectivity index (χ0v) is 30.5. The van der Waals surface area contributed by atoms with Gasteiger partial charge >= 0.3 is 18.3 Å². The van der Waals surface area contributed by atoms with Gasteiger partial charge in [-0.25, -0.2) is 4.39 Å². The number of carboxylic acid groups (broad SMARTS) is 1. The molecule has 0 spiro atoms. The van der Waals surface area contributed by atoms with Crippen molar-refractivity contribution in [2.75, 3.05) is 78.1 Å². The second kappa shape index (κ2) is 15.8. The third-order valence-corrected chi connectivity index (χ3v) is 11.7. The molecule has 0 saturated carbocycles. The van der Waals surface area contributed by atoms with Crippen LogP contribution in [0.1, 0.15) is 54.2 Å². The van der Waals surface area contributed by atoms with E-state index in [4.69, 9.17) is 9.47 Å². The number of carboxylic acids is 1. The predicted molar refractivity (Wildman–Crippen MR) is 186 cm³/mol. The molecule has 0 unspecified atom stereocenters. The van der Waals surface area contributed by atoms with Gasteiger partial charge in [-0.15, -0.1) is 0 Å². The molecule has 17 heteroatoms. The molecule has 1 N–H and O–H groups in total. The second-order valence-electron chi connectivity index (χ2n) is 15.0. The van der Waals surface area contributed by atoms with E-state index in [1.165, 1.54) is 30.1 Å². The number of amides is 2. The fourth-order valence-corrected chi connectivity index (χ4v) is 8.84. The summed E-state index contributed by atoms with van der Waals surface area (Å²) in [7, 11) is 2.89.